The second-order valence-electron chi connectivity index (χ2n) is 4.60. The van der Waals surface area contributed by atoms with Gasteiger partial charge in [0.25, 0.3) is 0 Å². The second-order valence-corrected chi connectivity index (χ2v) is 4.60. The highest BCUT2D eigenvalue weighted by atomic mass is 19.4. The zero-order chi connectivity index (χ0) is 15.3. The number of alkyl halides is 3. The number of nitrogens with zero attached hydrogens (tertiary/aromatic N) is 1. The molecular formula is C11H17F3N2O4. The highest BCUT2D eigenvalue weighted by Gasteiger charge is 2.41. The average Bonchev–Trinajstić information content (AvgIpc) is 3.13. The summed E-state index contributed by atoms with van der Waals surface area (Å²) in [6.45, 7) is -1.29. The monoisotopic (exact) mass is 298 g/mol. The van der Waals surface area contributed by atoms with Crippen molar-refractivity contribution in [3.05, 3.63) is 0 Å². The van der Waals surface area contributed by atoms with Gasteiger partial charge in [0, 0.05) is 26.2 Å². The highest BCUT2D eigenvalue weighted by molar-refractivity contribution is 5.82. The van der Waals surface area contributed by atoms with E-state index in [4.69, 9.17) is 9.84 Å². The maximum Gasteiger partial charge on any atom is 0.406 e. The molecule has 0 radical (unpaired) electrons. The van der Waals surface area contributed by atoms with Gasteiger partial charge in [0.1, 0.15) is 12.6 Å². The summed E-state index contributed by atoms with van der Waals surface area (Å²) in [6.07, 6.45) is -3.52. The third-order valence-corrected chi connectivity index (χ3v) is 2.80. The normalized spacial score (nSPS) is 16.6. The van der Waals surface area contributed by atoms with Crippen molar-refractivity contribution in [3.8, 4) is 0 Å². The molecule has 0 aliphatic heterocycles. The quantitative estimate of drug-likeness (QED) is 0.740. The van der Waals surface area contributed by atoms with Crippen LogP contribution in [-0.2, 0) is 9.53 Å². The molecule has 0 heterocycles. The van der Waals surface area contributed by atoms with Crippen molar-refractivity contribution in [3.63, 3.8) is 0 Å². The van der Waals surface area contributed by atoms with Gasteiger partial charge in [0.15, 0.2) is 0 Å². The number of aliphatic carboxylic acids is 1. The number of carbonyl (C=O) groups is 2. The average molecular weight is 298 g/mol. The van der Waals surface area contributed by atoms with Crippen molar-refractivity contribution in [2.45, 2.75) is 37.5 Å². The Labute approximate surface area is 113 Å². The molecule has 1 fully saturated rings. The van der Waals surface area contributed by atoms with Crippen LogP contribution in [0.2, 0.25) is 0 Å². The molecule has 0 aromatic carbocycles. The van der Waals surface area contributed by atoms with Crippen molar-refractivity contribution >= 4 is 12.0 Å². The Kier molecular flexibility index (Phi) is 5.61. The number of hydrogen-bond donors (Lipinski definition) is 2. The first kappa shape index (κ1) is 16.5. The number of rotatable bonds is 7. The number of nitrogens with one attached hydrogen (secondary N) is 1. The van der Waals surface area contributed by atoms with E-state index in [1.165, 1.54) is 7.11 Å². The Bertz CT molecular complexity index is 358. The summed E-state index contributed by atoms with van der Waals surface area (Å²) < 4.78 is 41.9. The fourth-order valence-electron chi connectivity index (χ4n) is 1.67. The number of ether oxygens (including phenoxy) is 1. The lowest BCUT2D eigenvalue weighted by Gasteiger charge is -2.26. The molecule has 1 unspecified atom stereocenters. The Morgan fingerprint density at radius 1 is 1.45 bits per heavy atom. The molecule has 0 aromatic rings. The molecule has 0 bridgehead atoms. The molecule has 6 nitrogen and oxygen atoms in total. The van der Waals surface area contributed by atoms with Crippen LogP contribution < -0.4 is 5.32 Å². The molecule has 2 amide bonds. The summed E-state index contributed by atoms with van der Waals surface area (Å²) in [6, 6.07) is -2.74. The van der Waals surface area contributed by atoms with Crippen molar-refractivity contribution < 1.29 is 32.6 Å². The lowest BCUT2D eigenvalue weighted by Crippen LogP contribution is -2.51. The van der Waals surface area contributed by atoms with Crippen molar-refractivity contribution in [1.29, 1.82) is 0 Å². The van der Waals surface area contributed by atoms with Crippen LogP contribution in [-0.4, -0.2) is 60.5 Å². The Balaban J connectivity index is 2.61. The third kappa shape index (κ3) is 5.64. The minimum atomic E-state index is -4.51. The largest absolute Gasteiger partial charge is 0.480 e. The molecule has 0 saturated heterocycles. The summed E-state index contributed by atoms with van der Waals surface area (Å²) in [5.41, 5.74) is 0. The fraction of sp³-hybridized carbons (Fsp3) is 0.818. The first-order valence-electron chi connectivity index (χ1n) is 6.10. The van der Waals surface area contributed by atoms with E-state index in [1.54, 1.807) is 0 Å². The van der Waals surface area contributed by atoms with Crippen LogP contribution in [0.15, 0.2) is 0 Å². The maximum atomic E-state index is 12.4. The van der Waals surface area contributed by atoms with Crippen LogP contribution in [0.5, 0.6) is 0 Å². The SMILES string of the molecule is COCCC(NC(=O)N(CC(F)(F)F)C1CC1)C(=O)O. The molecule has 1 aliphatic rings. The van der Waals surface area contributed by atoms with Crippen LogP contribution in [0.1, 0.15) is 19.3 Å². The van der Waals surface area contributed by atoms with E-state index in [9.17, 15) is 22.8 Å². The van der Waals surface area contributed by atoms with E-state index in [0.29, 0.717) is 17.7 Å². The van der Waals surface area contributed by atoms with Gasteiger partial charge in [-0.15, -0.1) is 0 Å². The Hall–Kier alpha value is -1.51. The van der Waals surface area contributed by atoms with Crippen LogP contribution >= 0.6 is 0 Å². The number of urea groups is 1. The number of halogens is 3. The zero-order valence-electron chi connectivity index (χ0n) is 10.9. The maximum absolute atomic E-state index is 12.4. The first-order chi connectivity index (χ1) is 9.24. The standard InChI is InChI=1S/C11H17F3N2O4/c1-20-5-4-8(9(17)18)15-10(19)16(7-2-3-7)6-11(12,13)14/h7-8H,2-6H2,1H3,(H,15,19)(H,17,18). The molecule has 1 saturated carbocycles. The van der Waals surface area contributed by atoms with Crippen LogP contribution in [0.25, 0.3) is 0 Å². The van der Waals surface area contributed by atoms with Gasteiger partial charge in [-0.05, 0) is 12.8 Å². The number of methoxy groups -OCH3 is 1. The van der Waals surface area contributed by atoms with E-state index in [0.717, 1.165) is 0 Å². The molecule has 116 valence electrons. The van der Waals surface area contributed by atoms with Gasteiger partial charge in [-0.2, -0.15) is 13.2 Å². The number of hydrogen-bond acceptors (Lipinski definition) is 3. The molecule has 2 N–H and O–H groups in total. The third-order valence-electron chi connectivity index (χ3n) is 2.80. The van der Waals surface area contributed by atoms with Crippen LogP contribution in [0.3, 0.4) is 0 Å². The fourth-order valence-corrected chi connectivity index (χ4v) is 1.67. The van der Waals surface area contributed by atoms with Crippen molar-refractivity contribution in [2.24, 2.45) is 0 Å². The van der Waals surface area contributed by atoms with E-state index in [1.807, 2.05) is 0 Å². The van der Waals surface area contributed by atoms with Crippen LogP contribution in [0.4, 0.5) is 18.0 Å². The molecule has 1 rings (SSSR count). The van der Waals surface area contributed by atoms with Gasteiger partial charge in [-0.25, -0.2) is 9.59 Å². The minimum absolute atomic E-state index is 0.0118. The van der Waals surface area contributed by atoms with Gasteiger partial charge >= 0.3 is 18.2 Å². The smallest absolute Gasteiger partial charge is 0.406 e. The molecule has 1 aliphatic carbocycles. The van der Waals surface area contributed by atoms with E-state index in [-0.39, 0.29) is 13.0 Å². The van der Waals surface area contributed by atoms with Gasteiger partial charge in [0.2, 0.25) is 0 Å². The van der Waals surface area contributed by atoms with Crippen molar-refractivity contribution in [1.82, 2.24) is 10.2 Å². The predicted molar refractivity (Wildman–Crippen MR) is 62.2 cm³/mol. The molecular weight excluding hydrogens is 281 g/mol. The van der Waals surface area contributed by atoms with E-state index >= 15 is 0 Å². The van der Waals surface area contributed by atoms with E-state index in [2.05, 4.69) is 5.32 Å². The van der Waals surface area contributed by atoms with Gasteiger partial charge in [-0.1, -0.05) is 0 Å². The van der Waals surface area contributed by atoms with Crippen molar-refractivity contribution in [2.75, 3.05) is 20.3 Å². The molecule has 0 spiro atoms. The molecule has 20 heavy (non-hydrogen) atoms. The number of carboxylic acid groups (broad SMARTS) is 1. The molecule has 1 atom stereocenters. The lowest BCUT2D eigenvalue weighted by atomic mass is 10.2. The zero-order valence-corrected chi connectivity index (χ0v) is 10.9. The Morgan fingerprint density at radius 2 is 2.05 bits per heavy atom. The summed E-state index contributed by atoms with van der Waals surface area (Å²) >= 11 is 0. The number of carbonyl (C=O) groups excluding carboxylic acids is 1. The predicted octanol–water partition coefficient (Wildman–Crippen LogP) is 1.21. The van der Waals surface area contributed by atoms with E-state index < -0.39 is 36.8 Å². The molecule has 0 aromatic heterocycles. The second kappa shape index (κ2) is 6.78. The summed E-state index contributed by atoms with van der Waals surface area (Å²) in [5.74, 6) is -1.31. The van der Waals surface area contributed by atoms with Crippen LogP contribution in [0, 0.1) is 0 Å². The number of carboxylic acids is 1. The summed E-state index contributed by atoms with van der Waals surface area (Å²) in [4.78, 5) is 23.4. The topological polar surface area (TPSA) is 78.9 Å². The first-order valence-corrected chi connectivity index (χ1v) is 6.10. The molecule has 9 heteroatoms. The summed E-state index contributed by atoms with van der Waals surface area (Å²) in [5, 5.41) is 11.0. The van der Waals surface area contributed by atoms with Gasteiger partial charge in [-0.3, -0.25) is 0 Å². The van der Waals surface area contributed by atoms with Gasteiger partial charge < -0.3 is 20.1 Å². The number of amides is 2. The van der Waals surface area contributed by atoms with Gasteiger partial charge in [0.05, 0.1) is 0 Å². The minimum Gasteiger partial charge on any atom is -0.480 e. The highest BCUT2D eigenvalue weighted by Crippen LogP contribution is 2.30. The Morgan fingerprint density at radius 3 is 2.45 bits per heavy atom. The summed E-state index contributed by atoms with van der Waals surface area (Å²) in [7, 11) is 1.36. The lowest BCUT2D eigenvalue weighted by molar-refractivity contribution is -0.142.